The molecule has 0 saturated carbocycles. The summed E-state index contributed by atoms with van der Waals surface area (Å²) in [4.78, 5) is 0. The lowest BCUT2D eigenvalue weighted by Crippen LogP contribution is -1.90. The lowest BCUT2D eigenvalue weighted by molar-refractivity contribution is 0.235. The Hall–Kier alpha value is -0.920. The number of hydrogen-bond acceptors (Lipinski definition) is 2. The summed E-state index contributed by atoms with van der Waals surface area (Å²) in [6.45, 7) is 9.95. The molecule has 0 N–H and O–H groups in total. The molecule has 0 aliphatic heterocycles. The first-order valence-corrected chi connectivity index (χ1v) is 7.63. The van der Waals surface area contributed by atoms with E-state index in [1.54, 1.807) is 0 Å². The van der Waals surface area contributed by atoms with E-state index in [2.05, 4.69) is 27.7 Å². The Morgan fingerprint density at radius 2 is 0.895 bits per heavy atom. The van der Waals surface area contributed by atoms with Crippen molar-refractivity contribution in [1.82, 2.24) is 0 Å². The monoisotopic (exact) mass is 268 g/mol. The van der Waals surface area contributed by atoms with Gasteiger partial charge >= 0.3 is 0 Å². The first kappa shape index (κ1) is 18.1. The third kappa shape index (κ3) is 17.1. The van der Waals surface area contributed by atoms with E-state index in [9.17, 15) is 0 Å². The van der Waals surface area contributed by atoms with Crippen LogP contribution >= 0.6 is 0 Å². The molecule has 0 radical (unpaired) electrons. The molecular formula is C17H32O2. The van der Waals surface area contributed by atoms with Gasteiger partial charge in [0.05, 0.1) is 25.7 Å². The summed E-state index contributed by atoms with van der Waals surface area (Å²) in [6, 6.07) is 0. The van der Waals surface area contributed by atoms with Crippen molar-refractivity contribution in [1.29, 1.82) is 0 Å². The van der Waals surface area contributed by atoms with E-state index in [1.807, 2.05) is 12.5 Å². The van der Waals surface area contributed by atoms with Crippen molar-refractivity contribution in [3.8, 4) is 0 Å². The van der Waals surface area contributed by atoms with Gasteiger partial charge in [0.2, 0.25) is 0 Å². The van der Waals surface area contributed by atoms with Gasteiger partial charge < -0.3 is 9.47 Å². The zero-order valence-corrected chi connectivity index (χ0v) is 13.3. The van der Waals surface area contributed by atoms with Crippen LogP contribution in [0.5, 0.6) is 0 Å². The fraction of sp³-hybridized carbons (Fsp3) is 0.765. The second kappa shape index (κ2) is 13.5. The molecule has 0 fully saturated rings. The highest BCUT2D eigenvalue weighted by Crippen LogP contribution is 2.08. The van der Waals surface area contributed by atoms with Gasteiger partial charge in [0, 0.05) is 0 Å². The van der Waals surface area contributed by atoms with Crippen LogP contribution in [0.1, 0.15) is 72.6 Å². The molecule has 0 aliphatic rings. The summed E-state index contributed by atoms with van der Waals surface area (Å²) in [6.07, 6.45) is 12.6. The number of hydrogen-bond donors (Lipinski definition) is 0. The third-order valence-electron chi connectivity index (χ3n) is 2.66. The predicted molar refractivity (Wildman–Crippen MR) is 83.1 cm³/mol. The molecule has 0 bridgehead atoms. The summed E-state index contributed by atoms with van der Waals surface area (Å²) >= 11 is 0. The average molecular weight is 268 g/mol. The first-order chi connectivity index (χ1) is 9.13. The van der Waals surface area contributed by atoms with Gasteiger partial charge in [-0.25, -0.2) is 0 Å². The molecule has 112 valence electrons. The molecule has 0 rings (SSSR count). The highest BCUT2D eigenvalue weighted by molar-refractivity contribution is 4.86. The van der Waals surface area contributed by atoms with E-state index in [4.69, 9.17) is 9.47 Å². The number of ether oxygens (including phenoxy) is 2. The molecule has 0 aromatic carbocycles. The van der Waals surface area contributed by atoms with E-state index in [0.29, 0.717) is 0 Å². The lowest BCUT2D eigenvalue weighted by atomic mass is 10.1. The molecule has 2 nitrogen and oxygen atoms in total. The number of unbranched alkanes of at least 4 members (excludes halogenated alkanes) is 6. The fourth-order valence-electron chi connectivity index (χ4n) is 1.71. The van der Waals surface area contributed by atoms with Gasteiger partial charge in [-0.3, -0.25) is 0 Å². The quantitative estimate of drug-likeness (QED) is 0.339. The molecule has 19 heavy (non-hydrogen) atoms. The van der Waals surface area contributed by atoms with Gasteiger partial charge in [0.25, 0.3) is 0 Å². The topological polar surface area (TPSA) is 18.5 Å². The van der Waals surface area contributed by atoms with Crippen LogP contribution in [0.3, 0.4) is 0 Å². The summed E-state index contributed by atoms with van der Waals surface area (Å²) < 4.78 is 10.8. The SMILES string of the molecule is CC(C)=COCCCCCCCCCOC=C(C)C. The van der Waals surface area contributed by atoms with Crippen LogP contribution < -0.4 is 0 Å². The van der Waals surface area contributed by atoms with Crippen molar-refractivity contribution >= 4 is 0 Å². The number of rotatable bonds is 12. The van der Waals surface area contributed by atoms with Crippen molar-refractivity contribution in [2.75, 3.05) is 13.2 Å². The molecule has 0 spiro atoms. The lowest BCUT2D eigenvalue weighted by Gasteiger charge is -2.03. The standard InChI is InChI=1S/C17H32O2/c1-16(2)14-18-12-10-8-6-5-7-9-11-13-19-15-17(3)4/h14-15H,5-13H2,1-4H3. The minimum Gasteiger partial charge on any atom is -0.501 e. The van der Waals surface area contributed by atoms with Crippen molar-refractivity contribution in [3.05, 3.63) is 23.7 Å². The Morgan fingerprint density at radius 3 is 1.21 bits per heavy atom. The Kier molecular flexibility index (Phi) is 12.9. The van der Waals surface area contributed by atoms with Crippen molar-refractivity contribution in [3.63, 3.8) is 0 Å². The maximum absolute atomic E-state index is 5.40. The molecule has 0 heterocycles. The highest BCUT2D eigenvalue weighted by Gasteiger charge is 1.92. The minimum atomic E-state index is 0.863. The molecule has 0 amide bonds. The van der Waals surface area contributed by atoms with Crippen LogP contribution in [0.2, 0.25) is 0 Å². The summed E-state index contributed by atoms with van der Waals surface area (Å²) in [5, 5.41) is 0. The second-order valence-corrected chi connectivity index (χ2v) is 5.61. The molecule has 0 atom stereocenters. The zero-order valence-electron chi connectivity index (χ0n) is 13.3. The van der Waals surface area contributed by atoms with Crippen LogP contribution in [0.15, 0.2) is 23.7 Å². The molecule has 0 unspecified atom stereocenters. The maximum atomic E-state index is 5.40. The Labute approximate surface area is 119 Å². The highest BCUT2D eigenvalue weighted by atomic mass is 16.5. The van der Waals surface area contributed by atoms with Gasteiger partial charge in [-0.15, -0.1) is 0 Å². The van der Waals surface area contributed by atoms with E-state index in [0.717, 1.165) is 13.2 Å². The smallest absolute Gasteiger partial charge is 0.0873 e. The van der Waals surface area contributed by atoms with Gasteiger partial charge in [0.1, 0.15) is 0 Å². The van der Waals surface area contributed by atoms with Gasteiger partial charge in [0.15, 0.2) is 0 Å². The van der Waals surface area contributed by atoms with Crippen LogP contribution in [-0.2, 0) is 9.47 Å². The Balaban J connectivity index is 3.07. The average Bonchev–Trinajstić information content (AvgIpc) is 2.34. The Morgan fingerprint density at radius 1 is 0.579 bits per heavy atom. The van der Waals surface area contributed by atoms with E-state index >= 15 is 0 Å². The van der Waals surface area contributed by atoms with Gasteiger partial charge in [-0.2, -0.15) is 0 Å². The van der Waals surface area contributed by atoms with Crippen molar-refractivity contribution in [2.45, 2.75) is 72.6 Å². The molecule has 0 aliphatic carbocycles. The van der Waals surface area contributed by atoms with E-state index in [-0.39, 0.29) is 0 Å². The molecular weight excluding hydrogens is 236 g/mol. The first-order valence-electron chi connectivity index (χ1n) is 7.63. The van der Waals surface area contributed by atoms with Crippen LogP contribution in [0.25, 0.3) is 0 Å². The fourth-order valence-corrected chi connectivity index (χ4v) is 1.71. The van der Waals surface area contributed by atoms with Crippen molar-refractivity contribution < 1.29 is 9.47 Å². The second-order valence-electron chi connectivity index (χ2n) is 5.61. The summed E-state index contributed by atoms with van der Waals surface area (Å²) in [5.74, 6) is 0. The van der Waals surface area contributed by atoms with Gasteiger partial charge in [-0.05, 0) is 51.7 Å². The number of allylic oxidation sites excluding steroid dienone is 2. The summed E-state index contributed by atoms with van der Waals surface area (Å²) in [5.41, 5.74) is 2.46. The van der Waals surface area contributed by atoms with Crippen molar-refractivity contribution in [2.24, 2.45) is 0 Å². The van der Waals surface area contributed by atoms with Crippen LogP contribution in [0.4, 0.5) is 0 Å². The van der Waals surface area contributed by atoms with Crippen LogP contribution in [-0.4, -0.2) is 13.2 Å². The molecule has 0 saturated heterocycles. The third-order valence-corrected chi connectivity index (χ3v) is 2.66. The van der Waals surface area contributed by atoms with Gasteiger partial charge in [-0.1, -0.05) is 32.1 Å². The van der Waals surface area contributed by atoms with Crippen LogP contribution in [0, 0.1) is 0 Å². The molecule has 2 heteroatoms. The summed E-state index contributed by atoms with van der Waals surface area (Å²) in [7, 11) is 0. The Bertz CT molecular complexity index is 220. The molecule has 0 aromatic rings. The minimum absolute atomic E-state index is 0.863. The normalized spacial score (nSPS) is 9.89. The van der Waals surface area contributed by atoms with E-state index in [1.165, 1.54) is 56.1 Å². The predicted octanol–water partition coefficient (Wildman–Crippen LogP) is 5.60. The molecule has 0 aromatic heterocycles. The zero-order chi connectivity index (χ0) is 14.3. The maximum Gasteiger partial charge on any atom is 0.0873 e. The largest absolute Gasteiger partial charge is 0.501 e. The van der Waals surface area contributed by atoms with E-state index < -0.39 is 0 Å².